The number of rotatable bonds is 3. The number of benzene rings is 2. The first-order valence-electron chi connectivity index (χ1n) is 9.90. The van der Waals surface area contributed by atoms with Crippen LogP contribution in [0.5, 0.6) is 0 Å². The van der Waals surface area contributed by atoms with Crippen molar-refractivity contribution in [3.8, 4) is 0 Å². The van der Waals surface area contributed by atoms with Crippen LogP contribution in [0.1, 0.15) is 41.8 Å². The Morgan fingerprint density at radius 3 is 2.41 bits per heavy atom. The number of halogens is 1. The minimum atomic E-state index is -0.451. The first-order chi connectivity index (χ1) is 13.9. The fourth-order valence-corrected chi connectivity index (χ4v) is 3.86. The average molecular weight is 393 g/mol. The lowest BCUT2D eigenvalue weighted by Crippen LogP contribution is -2.32. The normalized spacial score (nSPS) is 14.9. The molecule has 0 saturated carbocycles. The smallest absolute Gasteiger partial charge is 0.257 e. The highest BCUT2D eigenvalue weighted by molar-refractivity contribution is 6.14. The lowest BCUT2D eigenvalue weighted by atomic mass is 9.99. The van der Waals surface area contributed by atoms with Crippen molar-refractivity contribution < 1.29 is 14.0 Å². The maximum Gasteiger partial charge on any atom is 0.257 e. The quantitative estimate of drug-likeness (QED) is 0.687. The molecule has 6 heteroatoms. The highest BCUT2D eigenvalue weighted by Crippen LogP contribution is 2.26. The summed E-state index contributed by atoms with van der Waals surface area (Å²) in [5, 5.41) is 3.42. The molecule has 0 atom stereocenters. The topological polar surface area (TPSA) is 54.3 Å². The second kappa shape index (κ2) is 7.70. The highest BCUT2D eigenvalue weighted by atomic mass is 19.1. The number of hydrogen-bond donors (Lipinski definition) is 1. The first-order valence-corrected chi connectivity index (χ1v) is 9.90. The Hall–Kier alpha value is -3.15. The van der Waals surface area contributed by atoms with Gasteiger partial charge in [-0.3, -0.25) is 14.2 Å². The van der Waals surface area contributed by atoms with Gasteiger partial charge in [-0.15, -0.1) is 0 Å². The van der Waals surface area contributed by atoms with E-state index in [2.05, 4.69) is 17.1 Å². The van der Waals surface area contributed by atoms with Crippen LogP contribution in [-0.4, -0.2) is 29.5 Å². The van der Waals surface area contributed by atoms with Crippen molar-refractivity contribution in [2.45, 2.75) is 26.7 Å². The van der Waals surface area contributed by atoms with E-state index in [1.54, 1.807) is 0 Å². The SMILES string of the molecule is CC(=O)n1cc(C(=O)Nc2ccc(N3CCC(C)CC3)cc2)c2ccc(F)cc21. The number of carbonyl (C=O) groups is 2. The van der Waals surface area contributed by atoms with Crippen molar-refractivity contribution in [2.75, 3.05) is 23.3 Å². The maximum atomic E-state index is 13.6. The van der Waals surface area contributed by atoms with Crippen LogP contribution in [0.15, 0.2) is 48.7 Å². The van der Waals surface area contributed by atoms with Crippen LogP contribution in [0.25, 0.3) is 10.9 Å². The summed E-state index contributed by atoms with van der Waals surface area (Å²) in [6.07, 6.45) is 3.85. The zero-order valence-corrected chi connectivity index (χ0v) is 16.6. The minimum Gasteiger partial charge on any atom is -0.372 e. The summed E-state index contributed by atoms with van der Waals surface area (Å²) in [5.74, 6) is -0.288. The highest BCUT2D eigenvalue weighted by Gasteiger charge is 2.19. The summed E-state index contributed by atoms with van der Waals surface area (Å²) < 4.78 is 14.9. The molecule has 1 fully saturated rings. The van der Waals surface area contributed by atoms with Crippen molar-refractivity contribution in [2.24, 2.45) is 5.92 Å². The number of carbonyl (C=O) groups excluding carboxylic acids is 2. The van der Waals surface area contributed by atoms with Gasteiger partial charge >= 0.3 is 0 Å². The Kier molecular flexibility index (Phi) is 5.09. The van der Waals surface area contributed by atoms with Gasteiger partial charge in [-0.25, -0.2) is 4.39 Å². The summed E-state index contributed by atoms with van der Waals surface area (Å²) >= 11 is 0. The van der Waals surface area contributed by atoms with E-state index in [-0.39, 0.29) is 11.8 Å². The number of piperidine rings is 1. The molecule has 150 valence electrons. The maximum absolute atomic E-state index is 13.6. The summed E-state index contributed by atoms with van der Waals surface area (Å²) in [7, 11) is 0. The molecular weight excluding hydrogens is 369 g/mol. The van der Waals surface area contributed by atoms with E-state index in [1.165, 1.54) is 48.7 Å². The lowest BCUT2D eigenvalue weighted by Gasteiger charge is -2.32. The third-order valence-electron chi connectivity index (χ3n) is 5.63. The molecule has 0 unspecified atom stereocenters. The van der Waals surface area contributed by atoms with Crippen LogP contribution < -0.4 is 10.2 Å². The van der Waals surface area contributed by atoms with Crippen LogP contribution in [0, 0.1) is 11.7 Å². The summed E-state index contributed by atoms with van der Waals surface area (Å²) in [6.45, 7) is 5.77. The van der Waals surface area contributed by atoms with Crippen molar-refractivity contribution in [1.82, 2.24) is 4.57 Å². The number of amides is 1. The molecule has 2 heterocycles. The molecule has 1 aromatic heterocycles. The molecule has 4 rings (SSSR count). The zero-order chi connectivity index (χ0) is 20.5. The Labute approximate surface area is 169 Å². The monoisotopic (exact) mass is 393 g/mol. The predicted molar refractivity (Wildman–Crippen MR) is 113 cm³/mol. The largest absolute Gasteiger partial charge is 0.372 e. The van der Waals surface area contributed by atoms with E-state index < -0.39 is 5.82 Å². The van der Waals surface area contributed by atoms with Crippen molar-refractivity contribution >= 4 is 34.1 Å². The van der Waals surface area contributed by atoms with Crippen LogP contribution in [0.3, 0.4) is 0 Å². The fourth-order valence-electron chi connectivity index (χ4n) is 3.86. The molecule has 1 amide bonds. The third-order valence-corrected chi connectivity index (χ3v) is 5.63. The Morgan fingerprint density at radius 2 is 1.76 bits per heavy atom. The molecule has 3 aromatic rings. The van der Waals surface area contributed by atoms with Gasteiger partial charge in [0.15, 0.2) is 0 Å². The van der Waals surface area contributed by atoms with Crippen LogP contribution in [-0.2, 0) is 0 Å². The summed E-state index contributed by atoms with van der Waals surface area (Å²) in [4.78, 5) is 27.1. The average Bonchev–Trinajstić information content (AvgIpc) is 3.08. The van der Waals surface area contributed by atoms with Crippen LogP contribution in [0.4, 0.5) is 15.8 Å². The van der Waals surface area contributed by atoms with E-state index >= 15 is 0 Å². The second-order valence-corrected chi connectivity index (χ2v) is 7.76. The van der Waals surface area contributed by atoms with E-state index in [4.69, 9.17) is 0 Å². The van der Waals surface area contributed by atoms with Gasteiger partial charge in [0.25, 0.3) is 5.91 Å². The molecule has 1 aliphatic rings. The van der Waals surface area contributed by atoms with Crippen molar-refractivity contribution in [1.29, 1.82) is 0 Å². The summed E-state index contributed by atoms with van der Waals surface area (Å²) in [6, 6.07) is 11.9. The third kappa shape index (κ3) is 3.88. The molecule has 29 heavy (non-hydrogen) atoms. The van der Waals surface area contributed by atoms with Crippen LogP contribution >= 0.6 is 0 Å². The van der Waals surface area contributed by atoms with Gasteiger partial charge in [0.05, 0.1) is 11.1 Å². The van der Waals surface area contributed by atoms with Gasteiger partial charge in [-0.2, -0.15) is 0 Å². The van der Waals surface area contributed by atoms with Crippen molar-refractivity contribution in [3.63, 3.8) is 0 Å². The van der Waals surface area contributed by atoms with Gasteiger partial charge < -0.3 is 10.2 Å². The number of fused-ring (bicyclic) bond motifs is 1. The lowest BCUT2D eigenvalue weighted by molar-refractivity contribution is 0.0941. The molecule has 2 aromatic carbocycles. The molecule has 0 radical (unpaired) electrons. The van der Waals surface area contributed by atoms with Gasteiger partial charge in [0, 0.05) is 43.0 Å². The fraction of sp³-hybridized carbons (Fsp3) is 0.304. The number of aromatic nitrogens is 1. The van der Waals surface area contributed by atoms with E-state index in [0.717, 1.165) is 24.7 Å². The second-order valence-electron chi connectivity index (χ2n) is 7.76. The Morgan fingerprint density at radius 1 is 1.07 bits per heavy atom. The van der Waals surface area contributed by atoms with Gasteiger partial charge in [0.1, 0.15) is 5.82 Å². The number of nitrogens with zero attached hydrogens (tertiary/aromatic N) is 2. The molecule has 0 aliphatic carbocycles. The number of hydrogen-bond acceptors (Lipinski definition) is 3. The number of anilines is 2. The number of nitrogens with one attached hydrogen (secondary N) is 1. The zero-order valence-electron chi connectivity index (χ0n) is 16.6. The van der Waals surface area contributed by atoms with Gasteiger partial charge in [-0.1, -0.05) is 6.92 Å². The molecule has 1 saturated heterocycles. The molecular formula is C23H24FN3O2. The Bertz CT molecular complexity index is 1060. The van der Waals surface area contributed by atoms with E-state index in [0.29, 0.717) is 22.2 Å². The molecule has 5 nitrogen and oxygen atoms in total. The summed E-state index contributed by atoms with van der Waals surface area (Å²) in [5.41, 5.74) is 2.55. The minimum absolute atomic E-state index is 0.278. The predicted octanol–water partition coefficient (Wildman–Crippen LogP) is 4.93. The van der Waals surface area contributed by atoms with E-state index in [1.807, 2.05) is 24.3 Å². The molecule has 1 aliphatic heterocycles. The molecule has 1 N–H and O–H groups in total. The van der Waals surface area contributed by atoms with Gasteiger partial charge in [-0.05, 0) is 61.2 Å². The molecule has 0 spiro atoms. The standard InChI is InChI=1S/C23H24FN3O2/c1-15-9-11-26(12-10-15)19-6-4-18(5-7-19)25-23(29)21-14-27(16(2)28)22-13-17(24)3-8-20(21)22/h3-8,13-15H,9-12H2,1-2H3,(H,25,29). The first kappa shape index (κ1) is 19.2. The molecule has 0 bridgehead atoms. The van der Waals surface area contributed by atoms with Crippen molar-refractivity contribution in [3.05, 3.63) is 60.0 Å². The Balaban J connectivity index is 1.54. The van der Waals surface area contributed by atoms with E-state index in [9.17, 15) is 14.0 Å². The van der Waals surface area contributed by atoms with Crippen LogP contribution in [0.2, 0.25) is 0 Å². The van der Waals surface area contributed by atoms with Gasteiger partial charge in [0.2, 0.25) is 5.91 Å².